The van der Waals surface area contributed by atoms with E-state index in [1.807, 2.05) is 0 Å². The van der Waals surface area contributed by atoms with E-state index in [2.05, 4.69) is 14.6 Å². The molecule has 10 heteroatoms. The number of carbonyl (C=O) groups excluding carboxylic acids is 1. The number of hydrogen-bond donors (Lipinski definition) is 1. The number of carbonyl (C=O) groups is 1. The molecule has 0 atom stereocenters. The van der Waals surface area contributed by atoms with Crippen molar-refractivity contribution in [1.82, 2.24) is 4.98 Å². The normalized spacial score (nSPS) is 14.6. The van der Waals surface area contributed by atoms with E-state index in [1.165, 1.54) is 24.4 Å². The summed E-state index contributed by atoms with van der Waals surface area (Å²) in [7, 11) is -3.96. The number of benzene rings is 1. The molecular weight excluding hydrogens is 442 g/mol. The number of halogens is 1. The number of ether oxygens (including phenoxy) is 1. The van der Waals surface area contributed by atoms with Crippen molar-refractivity contribution in [2.75, 3.05) is 29.3 Å². The van der Waals surface area contributed by atoms with Crippen LogP contribution in [0.2, 0.25) is 5.02 Å². The van der Waals surface area contributed by atoms with Gasteiger partial charge in [-0.1, -0.05) is 11.6 Å². The maximum absolute atomic E-state index is 13.1. The molecule has 4 rings (SSSR count). The largest absolute Gasteiger partial charge is 0.460 e. The minimum absolute atomic E-state index is 0.00525. The third-order valence-electron chi connectivity index (χ3n) is 5.01. The van der Waals surface area contributed by atoms with E-state index in [9.17, 15) is 13.2 Å². The standard InChI is InChI=1S/C21H22ClN3O5S/c1-2-29-21(26)19-10-14-6-7-16(12-18(14)30-19)31(27,28)24-17-11-15(22)13-23-20(17)25-8-4-3-5-9-25/h6-7,10-13,24H,2-5,8-9H2,1H3. The molecule has 1 N–H and O–H groups in total. The molecule has 1 fully saturated rings. The molecule has 0 spiro atoms. The Morgan fingerprint density at radius 2 is 2.00 bits per heavy atom. The van der Waals surface area contributed by atoms with Crippen LogP contribution < -0.4 is 9.62 Å². The number of hydrogen-bond acceptors (Lipinski definition) is 7. The van der Waals surface area contributed by atoms with Gasteiger partial charge in [0.2, 0.25) is 5.76 Å². The van der Waals surface area contributed by atoms with Crippen molar-refractivity contribution in [1.29, 1.82) is 0 Å². The molecule has 0 unspecified atom stereocenters. The number of rotatable bonds is 6. The van der Waals surface area contributed by atoms with Gasteiger partial charge in [0, 0.05) is 30.7 Å². The quantitative estimate of drug-likeness (QED) is 0.539. The highest BCUT2D eigenvalue weighted by atomic mass is 35.5. The number of aromatic nitrogens is 1. The lowest BCUT2D eigenvalue weighted by atomic mass is 10.1. The van der Waals surface area contributed by atoms with E-state index in [4.69, 9.17) is 20.8 Å². The minimum atomic E-state index is -3.96. The number of pyridine rings is 1. The number of furan rings is 1. The van der Waals surface area contributed by atoms with Crippen LogP contribution in [0.4, 0.5) is 11.5 Å². The van der Waals surface area contributed by atoms with E-state index in [0.29, 0.717) is 21.9 Å². The number of fused-ring (bicyclic) bond motifs is 1. The second-order valence-corrected chi connectivity index (χ2v) is 9.33. The third kappa shape index (κ3) is 4.62. The summed E-state index contributed by atoms with van der Waals surface area (Å²) in [4.78, 5) is 18.3. The van der Waals surface area contributed by atoms with Crippen LogP contribution in [0.1, 0.15) is 36.7 Å². The van der Waals surface area contributed by atoms with Gasteiger partial charge in [0.05, 0.1) is 22.2 Å². The molecule has 2 aromatic heterocycles. The van der Waals surface area contributed by atoms with Crippen molar-refractivity contribution in [2.24, 2.45) is 0 Å². The molecule has 0 saturated carbocycles. The lowest BCUT2D eigenvalue weighted by Crippen LogP contribution is -2.31. The van der Waals surface area contributed by atoms with Crippen LogP contribution in [0.15, 0.2) is 45.8 Å². The summed E-state index contributed by atoms with van der Waals surface area (Å²) in [5, 5.41) is 0.930. The highest BCUT2D eigenvalue weighted by Crippen LogP contribution is 2.31. The van der Waals surface area contributed by atoms with Gasteiger partial charge in [-0.05, 0) is 50.5 Å². The number of piperidine rings is 1. The summed E-state index contributed by atoms with van der Waals surface area (Å²) >= 11 is 6.09. The molecule has 8 nitrogen and oxygen atoms in total. The van der Waals surface area contributed by atoms with Crippen LogP contribution >= 0.6 is 11.6 Å². The monoisotopic (exact) mass is 463 g/mol. The van der Waals surface area contributed by atoms with Gasteiger partial charge in [0.15, 0.2) is 5.82 Å². The summed E-state index contributed by atoms with van der Waals surface area (Å²) in [5.41, 5.74) is 0.590. The van der Waals surface area contributed by atoms with Gasteiger partial charge in [0.1, 0.15) is 5.58 Å². The Hall–Kier alpha value is -2.78. The molecule has 31 heavy (non-hydrogen) atoms. The Balaban J connectivity index is 1.65. The zero-order chi connectivity index (χ0) is 22.0. The number of esters is 1. The molecule has 1 aliphatic heterocycles. The average molecular weight is 464 g/mol. The van der Waals surface area contributed by atoms with Gasteiger partial charge in [-0.3, -0.25) is 4.72 Å². The Labute approximate surface area is 185 Å². The number of nitrogens with zero attached hydrogens (tertiary/aromatic N) is 2. The van der Waals surface area contributed by atoms with Crippen molar-refractivity contribution in [3.8, 4) is 0 Å². The smallest absolute Gasteiger partial charge is 0.374 e. The van der Waals surface area contributed by atoms with Gasteiger partial charge in [-0.25, -0.2) is 18.2 Å². The zero-order valence-corrected chi connectivity index (χ0v) is 18.5. The van der Waals surface area contributed by atoms with E-state index < -0.39 is 16.0 Å². The second kappa shape index (κ2) is 8.76. The second-order valence-electron chi connectivity index (χ2n) is 7.21. The number of anilines is 2. The highest BCUT2D eigenvalue weighted by molar-refractivity contribution is 7.92. The zero-order valence-electron chi connectivity index (χ0n) is 16.9. The molecule has 164 valence electrons. The predicted octanol–water partition coefficient (Wildman–Crippen LogP) is 4.45. The van der Waals surface area contributed by atoms with Crippen LogP contribution in [0, 0.1) is 0 Å². The molecular formula is C21H22ClN3O5S. The molecule has 0 radical (unpaired) electrons. The topological polar surface area (TPSA) is 102 Å². The number of nitrogens with one attached hydrogen (secondary N) is 1. The first kappa shape index (κ1) is 21.5. The molecule has 0 amide bonds. The van der Waals surface area contributed by atoms with E-state index >= 15 is 0 Å². The van der Waals surface area contributed by atoms with Crippen LogP contribution in [-0.4, -0.2) is 39.1 Å². The maximum atomic E-state index is 13.1. The lowest BCUT2D eigenvalue weighted by molar-refractivity contribution is 0.0492. The number of sulfonamides is 1. The van der Waals surface area contributed by atoms with Gasteiger partial charge >= 0.3 is 5.97 Å². The van der Waals surface area contributed by atoms with Crippen molar-refractivity contribution >= 4 is 50.1 Å². The van der Waals surface area contributed by atoms with Crippen LogP contribution in [0.25, 0.3) is 11.0 Å². The first-order valence-corrected chi connectivity index (χ1v) is 11.9. The lowest BCUT2D eigenvalue weighted by Gasteiger charge is -2.29. The first-order valence-electron chi connectivity index (χ1n) is 10.0. The molecule has 0 aliphatic carbocycles. The first-order chi connectivity index (χ1) is 14.9. The van der Waals surface area contributed by atoms with Crippen molar-refractivity contribution < 1.29 is 22.4 Å². The summed E-state index contributed by atoms with van der Waals surface area (Å²) < 4.78 is 39.2. The Morgan fingerprint density at radius 1 is 1.23 bits per heavy atom. The van der Waals surface area contributed by atoms with Crippen LogP contribution in [-0.2, 0) is 14.8 Å². The average Bonchev–Trinajstić information content (AvgIpc) is 3.18. The van der Waals surface area contributed by atoms with E-state index in [0.717, 1.165) is 32.4 Å². The molecule has 1 aliphatic rings. The molecule has 3 heterocycles. The van der Waals surface area contributed by atoms with Crippen molar-refractivity contribution in [2.45, 2.75) is 31.1 Å². The SMILES string of the molecule is CCOC(=O)c1cc2ccc(S(=O)(=O)Nc3cc(Cl)cnc3N3CCCCC3)cc2o1. The summed E-state index contributed by atoms with van der Waals surface area (Å²) in [6.45, 7) is 3.52. The fourth-order valence-corrected chi connectivity index (χ4v) is 4.77. The van der Waals surface area contributed by atoms with Crippen molar-refractivity contribution in [3.63, 3.8) is 0 Å². The van der Waals surface area contributed by atoms with Crippen LogP contribution in [0.3, 0.4) is 0 Å². The molecule has 0 bridgehead atoms. The summed E-state index contributed by atoms with van der Waals surface area (Å²) in [6.07, 6.45) is 4.69. The van der Waals surface area contributed by atoms with Gasteiger partial charge < -0.3 is 14.1 Å². The minimum Gasteiger partial charge on any atom is -0.460 e. The third-order valence-corrected chi connectivity index (χ3v) is 6.58. The van der Waals surface area contributed by atoms with E-state index in [1.54, 1.807) is 19.1 Å². The summed E-state index contributed by atoms with van der Waals surface area (Å²) in [5.74, 6) is -0.0282. The van der Waals surface area contributed by atoms with Gasteiger partial charge in [-0.2, -0.15) is 0 Å². The molecule has 1 saturated heterocycles. The predicted molar refractivity (Wildman–Crippen MR) is 118 cm³/mol. The fourth-order valence-electron chi connectivity index (χ4n) is 3.55. The van der Waals surface area contributed by atoms with Crippen LogP contribution in [0.5, 0.6) is 0 Å². The van der Waals surface area contributed by atoms with Gasteiger partial charge in [0.25, 0.3) is 10.0 Å². The Bertz CT molecular complexity index is 1220. The molecule has 1 aromatic carbocycles. The molecule has 3 aromatic rings. The van der Waals surface area contributed by atoms with Crippen molar-refractivity contribution in [3.05, 3.63) is 47.3 Å². The highest BCUT2D eigenvalue weighted by Gasteiger charge is 2.22. The maximum Gasteiger partial charge on any atom is 0.374 e. The Kier molecular flexibility index (Phi) is 6.06. The summed E-state index contributed by atoms with van der Waals surface area (Å²) in [6, 6.07) is 7.48. The van der Waals surface area contributed by atoms with Gasteiger partial charge in [-0.15, -0.1) is 0 Å². The Morgan fingerprint density at radius 3 is 2.74 bits per heavy atom. The fraction of sp³-hybridized carbons (Fsp3) is 0.333. The van der Waals surface area contributed by atoms with E-state index in [-0.39, 0.29) is 22.8 Å².